The van der Waals surface area contributed by atoms with E-state index in [4.69, 9.17) is 0 Å². The summed E-state index contributed by atoms with van der Waals surface area (Å²) in [5.41, 5.74) is 1.76. The molecule has 1 aromatic carbocycles. The van der Waals surface area contributed by atoms with Crippen LogP contribution >= 0.6 is 15.9 Å². The number of carbonyl (C=O) groups excluding carboxylic acids is 1. The Morgan fingerprint density at radius 1 is 1.47 bits per heavy atom. The molecule has 3 nitrogen and oxygen atoms in total. The summed E-state index contributed by atoms with van der Waals surface area (Å²) >= 11 is 3.41. The summed E-state index contributed by atoms with van der Waals surface area (Å²) in [6.07, 6.45) is 1.84. The Kier molecular flexibility index (Phi) is 2.52. The van der Waals surface area contributed by atoms with Crippen LogP contribution < -0.4 is 5.32 Å². The van der Waals surface area contributed by atoms with Gasteiger partial charge in [0.25, 0.3) is 5.91 Å². The van der Waals surface area contributed by atoms with Gasteiger partial charge in [-0.05, 0) is 18.2 Å². The molecule has 0 aliphatic carbocycles. The van der Waals surface area contributed by atoms with Crippen LogP contribution in [0.3, 0.4) is 0 Å². The van der Waals surface area contributed by atoms with Gasteiger partial charge in [-0.2, -0.15) is 0 Å². The Bertz CT molecular complexity index is 531. The van der Waals surface area contributed by atoms with Crippen molar-refractivity contribution >= 4 is 32.7 Å². The van der Waals surface area contributed by atoms with Gasteiger partial charge in [-0.25, -0.2) is 0 Å². The lowest BCUT2D eigenvalue weighted by Gasteiger charge is -1.97. The van der Waals surface area contributed by atoms with Crippen LogP contribution in [0.4, 0.5) is 0 Å². The van der Waals surface area contributed by atoms with Crippen molar-refractivity contribution in [3.05, 3.63) is 34.4 Å². The molecule has 0 atom stereocenters. The van der Waals surface area contributed by atoms with Crippen LogP contribution in [-0.2, 0) is 7.05 Å². The van der Waals surface area contributed by atoms with Gasteiger partial charge in [-0.15, -0.1) is 0 Å². The first-order valence-corrected chi connectivity index (χ1v) is 5.39. The monoisotopic (exact) mass is 266 g/mol. The highest BCUT2D eigenvalue weighted by Gasteiger charge is 2.12. The molecule has 2 rings (SSSR count). The number of hydrogen-bond donors (Lipinski definition) is 1. The number of fused-ring (bicyclic) bond motifs is 1. The molecule has 2 aromatic rings. The van der Waals surface area contributed by atoms with E-state index in [2.05, 4.69) is 21.2 Å². The Morgan fingerprint density at radius 2 is 2.20 bits per heavy atom. The second kappa shape index (κ2) is 3.70. The number of rotatable bonds is 1. The number of nitrogens with zero attached hydrogens (tertiary/aromatic N) is 1. The van der Waals surface area contributed by atoms with Gasteiger partial charge >= 0.3 is 0 Å². The molecule has 0 radical (unpaired) electrons. The minimum absolute atomic E-state index is 0.0568. The highest BCUT2D eigenvalue weighted by molar-refractivity contribution is 9.10. The summed E-state index contributed by atoms with van der Waals surface area (Å²) in [6.45, 7) is 0. The van der Waals surface area contributed by atoms with E-state index < -0.39 is 0 Å². The maximum atomic E-state index is 11.6. The number of carbonyl (C=O) groups is 1. The van der Waals surface area contributed by atoms with Crippen molar-refractivity contribution in [2.75, 3.05) is 7.05 Å². The number of aryl methyl sites for hydroxylation is 1. The SMILES string of the molecule is CNC(=O)c1cn(C)c2ccc(Br)cc12. The molecule has 0 saturated carbocycles. The number of halogens is 1. The Balaban J connectivity index is 2.75. The van der Waals surface area contributed by atoms with Crippen LogP contribution in [-0.4, -0.2) is 17.5 Å². The first-order valence-electron chi connectivity index (χ1n) is 4.60. The first kappa shape index (κ1) is 10.2. The van der Waals surface area contributed by atoms with Crippen LogP contribution in [0, 0.1) is 0 Å². The number of amides is 1. The molecule has 1 N–H and O–H groups in total. The molecule has 15 heavy (non-hydrogen) atoms. The molecule has 1 heterocycles. The van der Waals surface area contributed by atoms with Crippen molar-refractivity contribution in [2.45, 2.75) is 0 Å². The minimum Gasteiger partial charge on any atom is -0.355 e. The summed E-state index contributed by atoms with van der Waals surface area (Å²) < 4.78 is 2.93. The zero-order chi connectivity index (χ0) is 11.0. The van der Waals surface area contributed by atoms with Crippen LogP contribution in [0.15, 0.2) is 28.9 Å². The zero-order valence-electron chi connectivity index (χ0n) is 8.54. The summed E-state index contributed by atoms with van der Waals surface area (Å²) in [5.74, 6) is -0.0568. The van der Waals surface area contributed by atoms with Crippen LogP contribution in [0.2, 0.25) is 0 Å². The van der Waals surface area contributed by atoms with E-state index in [0.717, 1.165) is 15.4 Å². The second-order valence-corrected chi connectivity index (χ2v) is 4.31. The van der Waals surface area contributed by atoms with Gasteiger partial charge < -0.3 is 9.88 Å². The minimum atomic E-state index is -0.0568. The van der Waals surface area contributed by atoms with Crippen molar-refractivity contribution in [2.24, 2.45) is 7.05 Å². The van der Waals surface area contributed by atoms with Gasteiger partial charge in [-0.1, -0.05) is 15.9 Å². The van der Waals surface area contributed by atoms with Gasteiger partial charge in [0.05, 0.1) is 5.56 Å². The Labute approximate surface area is 96.2 Å². The van der Waals surface area contributed by atoms with E-state index in [0.29, 0.717) is 5.56 Å². The molecule has 4 heteroatoms. The van der Waals surface area contributed by atoms with Gasteiger partial charge in [0.2, 0.25) is 0 Å². The second-order valence-electron chi connectivity index (χ2n) is 3.39. The van der Waals surface area contributed by atoms with E-state index in [1.54, 1.807) is 7.05 Å². The van der Waals surface area contributed by atoms with Gasteiger partial charge in [0.15, 0.2) is 0 Å². The summed E-state index contributed by atoms with van der Waals surface area (Å²) in [5, 5.41) is 3.60. The quantitative estimate of drug-likeness (QED) is 0.845. The standard InChI is InChI=1S/C11H11BrN2O/c1-13-11(15)9-6-14(2)10-4-3-7(12)5-8(9)10/h3-6H,1-2H3,(H,13,15). The normalized spacial score (nSPS) is 10.6. The smallest absolute Gasteiger partial charge is 0.253 e. The molecule has 0 spiro atoms. The zero-order valence-corrected chi connectivity index (χ0v) is 10.1. The fraction of sp³-hybridized carbons (Fsp3) is 0.182. The maximum Gasteiger partial charge on any atom is 0.253 e. The largest absolute Gasteiger partial charge is 0.355 e. The Morgan fingerprint density at radius 3 is 2.87 bits per heavy atom. The maximum absolute atomic E-state index is 11.6. The molecule has 0 aliphatic heterocycles. The van der Waals surface area contributed by atoms with Crippen molar-refractivity contribution in [1.82, 2.24) is 9.88 Å². The molecule has 1 amide bonds. The molecule has 0 bridgehead atoms. The van der Waals surface area contributed by atoms with E-state index in [1.807, 2.05) is 36.0 Å². The highest BCUT2D eigenvalue weighted by atomic mass is 79.9. The predicted molar refractivity (Wildman–Crippen MR) is 64.0 cm³/mol. The van der Waals surface area contributed by atoms with Crippen LogP contribution in [0.25, 0.3) is 10.9 Å². The molecule has 0 saturated heterocycles. The van der Waals surface area contributed by atoms with E-state index in [1.165, 1.54) is 0 Å². The van der Waals surface area contributed by atoms with Gasteiger partial charge in [0.1, 0.15) is 0 Å². The topological polar surface area (TPSA) is 34.0 Å². The lowest BCUT2D eigenvalue weighted by molar-refractivity contribution is 0.0964. The summed E-state index contributed by atoms with van der Waals surface area (Å²) in [4.78, 5) is 11.6. The third-order valence-electron chi connectivity index (χ3n) is 2.42. The molecule has 0 unspecified atom stereocenters. The fourth-order valence-electron chi connectivity index (χ4n) is 1.68. The third kappa shape index (κ3) is 1.65. The van der Waals surface area contributed by atoms with E-state index in [9.17, 15) is 4.79 Å². The average Bonchev–Trinajstić information content (AvgIpc) is 2.54. The molecule has 1 aromatic heterocycles. The van der Waals surface area contributed by atoms with Crippen molar-refractivity contribution in [3.63, 3.8) is 0 Å². The highest BCUT2D eigenvalue weighted by Crippen LogP contribution is 2.24. The fourth-order valence-corrected chi connectivity index (χ4v) is 2.04. The van der Waals surface area contributed by atoms with Crippen molar-refractivity contribution in [3.8, 4) is 0 Å². The number of benzene rings is 1. The van der Waals surface area contributed by atoms with Gasteiger partial charge in [0, 0.05) is 35.7 Å². The summed E-state index contributed by atoms with van der Waals surface area (Å²) in [6, 6.07) is 5.92. The first-order chi connectivity index (χ1) is 7.13. The average molecular weight is 267 g/mol. The number of hydrogen-bond acceptors (Lipinski definition) is 1. The Hall–Kier alpha value is -1.29. The van der Waals surface area contributed by atoms with Crippen LogP contribution in [0.1, 0.15) is 10.4 Å². The molecule has 0 aliphatic rings. The van der Waals surface area contributed by atoms with Crippen molar-refractivity contribution < 1.29 is 4.79 Å². The third-order valence-corrected chi connectivity index (χ3v) is 2.92. The summed E-state index contributed by atoms with van der Waals surface area (Å²) in [7, 11) is 3.57. The van der Waals surface area contributed by atoms with E-state index >= 15 is 0 Å². The van der Waals surface area contributed by atoms with Gasteiger partial charge in [-0.3, -0.25) is 4.79 Å². The predicted octanol–water partition coefficient (Wildman–Crippen LogP) is 2.30. The number of nitrogens with one attached hydrogen (secondary N) is 1. The molecule has 0 fully saturated rings. The molecular formula is C11H11BrN2O. The van der Waals surface area contributed by atoms with Crippen molar-refractivity contribution in [1.29, 1.82) is 0 Å². The molecular weight excluding hydrogens is 256 g/mol. The van der Waals surface area contributed by atoms with E-state index in [-0.39, 0.29) is 5.91 Å². The van der Waals surface area contributed by atoms with Crippen LogP contribution in [0.5, 0.6) is 0 Å². The lowest BCUT2D eigenvalue weighted by Crippen LogP contribution is -2.17. The number of aromatic nitrogens is 1. The lowest BCUT2D eigenvalue weighted by atomic mass is 10.1. The molecule has 78 valence electrons.